The predicted molar refractivity (Wildman–Crippen MR) is 58.9 cm³/mol. The number of rotatable bonds is 2. The summed E-state index contributed by atoms with van der Waals surface area (Å²) < 4.78 is 0. The summed E-state index contributed by atoms with van der Waals surface area (Å²) >= 11 is 1.59. The third-order valence-electron chi connectivity index (χ3n) is 2.68. The lowest BCUT2D eigenvalue weighted by molar-refractivity contribution is 0.0941. The largest absolute Gasteiger partial charge is 0.307 e. The van der Waals surface area contributed by atoms with Crippen molar-refractivity contribution in [3.63, 3.8) is 0 Å². The lowest BCUT2D eigenvalue weighted by Crippen LogP contribution is -2.35. The van der Waals surface area contributed by atoms with E-state index in [-0.39, 0.29) is 11.8 Å². The minimum absolute atomic E-state index is 0.0621. The number of nitrogens with one attached hydrogen (secondary N) is 1. The molecule has 76 valence electrons. The van der Waals surface area contributed by atoms with Gasteiger partial charge in [-0.2, -0.15) is 11.3 Å². The van der Waals surface area contributed by atoms with E-state index in [1.807, 2.05) is 16.8 Å². The van der Waals surface area contributed by atoms with E-state index >= 15 is 0 Å². The van der Waals surface area contributed by atoms with Crippen LogP contribution in [0, 0.1) is 0 Å². The van der Waals surface area contributed by atoms with Gasteiger partial charge in [0.1, 0.15) is 0 Å². The van der Waals surface area contributed by atoms with Crippen molar-refractivity contribution in [1.82, 2.24) is 5.32 Å². The van der Waals surface area contributed by atoms with Crippen LogP contribution in [0.1, 0.15) is 36.0 Å². The molecule has 0 amide bonds. The summed E-state index contributed by atoms with van der Waals surface area (Å²) in [4.78, 5) is 12.0. The molecule has 0 aromatic carbocycles. The molecule has 0 radical (unpaired) electrons. The quantitative estimate of drug-likeness (QED) is 0.758. The van der Waals surface area contributed by atoms with Crippen molar-refractivity contribution in [2.45, 2.75) is 31.7 Å². The van der Waals surface area contributed by atoms with Crippen LogP contribution in [-0.2, 0) is 0 Å². The number of hydrogen-bond acceptors (Lipinski definition) is 3. The zero-order valence-corrected chi connectivity index (χ0v) is 8.98. The van der Waals surface area contributed by atoms with E-state index in [1.165, 1.54) is 19.3 Å². The van der Waals surface area contributed by atoms with Crippen LogP contribution in [0.3, 0.4) is 0 Å². The molecule has 2 nitrogen and oxygen atoms in total. The van der Waals surface area contributed by atoms with E-state index in [1.54, 1.807) is 11.3 Å². The Morgan fingerprint density at radius 3 is 3.14 bits per heavy atom. The maximum absolute atomic E-state index is 12.0. The smallest absolute Gasteiger partial charge is 0.180 e. The third-order valence-corrected chi connectivity index (χ3v) is 3.37. The van der Waals surface area contributed by atoms with Crippen LogP contribution >= 0.6 is 11.3 Å². The van der Waals surface area contributed by atoms with Crippen molar-refractivity contribution in [2.75, 3.05) is 6.54 Å². The minimum atomic E-state index is 0.0621. The molecule has 1 unspecified atom stereocenters. The van der Waals surface area contributed by atoms with Crippen LogP contribution in [0.4, 0.5) is 0 Å². The maximum atomic E-state index is 12.0. The molecule has 14 heavy (non-hydrogen) atoms. The second-order valence-corrected chi connectivity index (χ2v) is 4.51. The molecule has 1 fully saturated rings. The molecule has 0 spiro atoms. The Balaban J connectivity index is 2.03. The highest BCUT2D eigenvalue weighted by Gasteiger charge is 2.20. The molecule has 0 saturated carbocycles. The van der Waals surface area contributed by atoms with E-state index < -0.39 is 0 Å². The molecule has 1 atom stereocenters. The highest BCUT2D eigenvalue weighted by Crippen LogP contribution is 2.15. The summed E-state index contributed by atoms with van der Waals surface area (Å²) in [6, 6.07) is 1.98. The summed E-state index contributed by atoms with van der Waals surface area (Å²) in [5.41, 5.74) is 0.870. The molecule has 0 bridgehead atoms. The van der Waals surface area contributed by atoms with Crippen molar-refractivity contribution >= 4 is 17.1 Å². The highest BCUT2D eigenvalue weighted by atomic mass is 32.1. The van der Waals surface area contributed by atoms with Gasteiger partial charge in [0.05, 0.1) is 6.04 Å². The summed E-state index contributed by atoms with van der Waals surface area (Å²) in [7, 11) is 0. The van der Waals surface area contributed by atoms with Crippen LogP contribution < -0.4 is 5.32 Å². The van der Waals surface area contributed by atoms with Gasteiger partial charge in [-0.1, -0.05) is 12.8 Å². The number of thiophene rings is 1. The predicted octanol–water partition coefficient (Wildman–Crippen LogP) is 2.46. The first-order valence-electron chi connectivity index (χ1n) is 5.18. The average Bonchev–Trinajstić information content (AvgIpc) is 2.59. The van der Waals surface area contributed by atoms with Gasteiger partial charge in [0.2, 0.25) is 0 Å². The molecule has 2 rings (SSSR count). The fourth-order valence-corrected chi connectivity index (χ4v) is 2.50. The van der Waals surface area contributed by atoms with Gasteiger partial charge in [0, 0.05) is 10.9 Å². The van der Waals surface area contributed by atoms with Gasteiger partial charge in [-0.05, 0) is 30.8 Å². The van der Waals surface area contributed by atoms with E-state index in [0.29, 0.717) is 0 Å². The van der Waals surface area contributed by atoms with Gasteiger partial charge in [-0.25, -0.2) is 0 Å². The SMILES string of the molecule is O=C(c1ccsc1)C1CCCCCN1. The van der Waals surface area contributed by atoms with Gasteiger partial charge in [-0.15, -0.1) is 0 Å². The van der Waals surface area contributed by atoms with Crippen LogP contribution in [0.25, 0.3) is 0 Å². The monoisotopic (exact) mass is 209 g/mol. The number of hydrogen-bond donors (Lipinski definition) is 1. The summed E-state index contributed by atoms with van der Waals surface area (Å²) in [6.07, 6.45) is 4.62. The number of carbonyl (C=O) groups excluding carboxylic acids is 1. The summed E-state index contributed by atoms with van der Waals surface area (Å²) in [6.45, 7) is 0.987. The third kappa shape index (κ3) is 2.22. The molecule has 3 heteroatoms. The molecule has 1 saturated heterocycles. The van der Waals surface area contributed by atoms with Gasteiger partial charge in [0.15, 0.2) is 5.78 Å². The van der Waals surface area contributed by atoms with Crippen LogP contribution in [0.5, 0.6) is 0 Å². The Kier molecular flexibility index (Phi) is 3.32. The van der Waals surface area contributed by atoms with Crippen molar-refractivity contribution < 1.29 is 4.79 Å². The van der Waals surface area contributed by atoms with Crippen molar-refractivity contribution in [2.24, 2.45) is 0 Å². The Hall–Kier alpha value is -0.670. The first-order chi connectivity index (χ1) is 6.88. The Morgan fingerprint density at radius 1 is 1.43 bits per heavy atom. The van der Waals surface area contributed by atoms with E-state index in [2.05, 4.69) is 5.32 Å². The second kappa shape index (κ2) is 4.71. The second-order valence-electron chi connectivity index (χ2n) is 3.73. The zero-order chi connectivity index (χ0) is 9.80. The molecular weight excluding hydrogens is 194 g/mol. The topological polar surface area (TPSA) is 29.1 Å². The molecule has 2 heterocycles. The first kappa shape index (κ1) is 9.87. The van der Waals surface area contributed by atoms with Gasteiger partial charge >= 0.3 is 0 Å². The Morgan fingerprint density at radius 2 is 2.36 bits per heavy atom. The maximum Gasteiger partial charge on any atom is 0.180 e. The minimum Gasteiger partial charge on any atom is -0.307 e. The number of carbonyl (C=O) groups is 1. The lowest BCUT2D eigenvalue weighted by atomic mass is 10.0. The molecule has 1 aromatic heterocycles. The summed E-state index contributed by atoms with van der Waals surface area (Å²) in [5, 5.41) is 7.23. The zero-order valence-electron chi connectivity index (χ0n) is 8.16. The fraction of sp³-hybridized carbons (Fsp3) is 0.545. The molecule has 1 aromatic rings. The lowest BCUT2D eigenvalue weighted by Gasteiger charge is -2.12. The van der Waals surface area contributed by atoms with Gasteiger partial charge < -0.3 is 5.32 Å². The van der Waals surface area contributed by atoms with E-state index in [9.17, 15) is 4.79 Å². The first-order valence-corrected chi connectivity index (χ1v) is 6.12. The highest BCUT2D eigenvalue weighted by molar-refractivity contribution is 7.08. The fourth-order valence-electron chi connectivity index (χ4n) is 1.86. The van der Waals surface area contributed by atoms with E-state index in [4.69, 9.17) is 0 Å². The Bertz CT molecular complexity index is 286. The Labute approximate surface area is 88.3 Å². The van der Waals surface area contributed by atoms with Gasteiger partial charge in [0.25, 0.3) is 0 Å². The average molecular weight is 209 g/mol. The molecule has 1 N–H and O–H groups in total. The number of Topliss-reactive ketones (excluding diaryl/α,β-unsaturated/α-hetero) is 1. The molecular formula is C11H15NOS. The van der Waals surface area contributed by atoms with Crippen molar-refractivity contribution in [3.8, 4) is 0 Å². The van der Waals surface area contributed by atoms with Crippen LogP contribution in [0.2, 0.25) is 0 Å². The molecule has 1 aliphatic heterocycles. The summed E-state index contributed by atoms with van der Waals surface area (Å²) in [5.74, 6) is 0.271. The van der Waals surface area contributed by atoms with Gasteiger partial charge in [-0.3, -0.25) is 4.79 Å². The molecule has 0 aliphatic carbocycles. The molecule has 1 aliphatic rings. The normalized spacial score (nSPS) is 23.0. The standard InChI is InChI=1S/C11H15NOS/c13-11(9-5-7-14-8-9)10-4-2-1-3-6-12-10/h5,7-8,10,12H,1-4,6H2. The van der Waals surface area contributed by atoms with Crippen molar-refractivity contribution in [3.05, 3.63) is 22.4 Å². The van der Waals surface area contributed by atoms with Crippen LogP contribution in [0.15, 0.2) is 16.8 Å². The van der Waals surface area contributed by atoms with E-state index in [0.717, 1.165) is 18.5 Å². The van der Waals surface area contributed by atoms with Crippen molar-refractivity contribution in [1.29, 1.82) is 0 Å². The van der Waals surface area contributed by atoms with Crippen LogP contribution in [-0.4, -0.2) is 18.4 Å². The number of ketones is 1.